The van der Waals surface area contributed by atoms with Crippen LogP contribution in [0.25, 0.3) is 6.08 Å². The zero-order chi connectivity index (χ0) is 58.9. The van der Waals surface area contributed by atoms with Gasteiger partial charge >= 0.3 is 17.6 Å². The summed E-state index contributed by atoms with van der Waals surface area (Å²) in [5.41, 5.74) is 8.02. The van der Waals surface area contributed by atoms with Crippen LogP contribution in [0, 0.1) is 13.8 Å². The molecule has 25 nitrogen and oxygen atoms in total. The number of hydrogen-bond donors (Lipinski definition) is 6. The molecule has 31 heteroatoms. The number of aliphatic imine (C=N–C) groups is 2. The molecule has 0 spiro atoms. The van der Waals surface area contributed by atoms with Crippen LogP contribution in [0.2, 0.25) is 0 Å². The van der Waals surface area contributed by atoms with Gasteiger partial charge in [-0.2, -0.15) is 0 Å². The van der Waals surface area contributed by atoms with Crippen molar-refractivity contribution < 1.29 is 62.4 Å². The number of aliphatic hydroxyl groups is 1. The SMILES string of the molecule is CCO.COC(=O)Cl.COC(=O)Nc1ncc(/C=C2\SC(=Nc3ccc(OCCN(C)C)cc3C)NC2=O)s1.COC(=O)Nc1ncc(C=O)s1.Cc1cc(OCCN(C)C)ccc1N=C1NC(=O)CS1.Nc1ncc(C=O)s1. The lowest BCUT2D eigenvalue weighted by Crippen LogP contribution is -2.20. The summed E-state index contributed by atoms with van der Waals surface area (Å²) >= 11 is 10.8. The maximum atomic E-state index is 12.3. The average Bonchev–Trinajstić information content (AvgIpc) is 4.28. The van der Waals surface area contributed by atoms with E-state index in [4.69, 9.17) is 20.3 Å². The van der Waals surface area contributed by atoms with Crippen molar-refractivity contribution >= 4 is 154 Å². The first-order valence-electron chi connectivity index (χ1n) is 22.8. The fourth-order valence-corrected chi connectivity index (χ4v) is 8.49. The summed E-state index contributed by atoms with van der Waals surface area (Å²) in [6.45, 7) is 8.84. The van der Waals surface area contributed by atoms with Gasteiger partial charge in [0.1, 0.15) is 24.7 Å². The van der Waals surface area contributed by atoms with Crippen molar-refractivity contribution in [2.45, 2.75) is 20.8 Å². The smallest absolute Gasteiger partial charge is 0.413 e. The highest BCUT2D eigenvalue weighted by atomic mass is 35.5. The number of thioether (sulfide) groups is 2. The van der Waals surface area contributed by atoms with Gasteiger partial charge in [0.05, 0.1) is 70.4 Å². The van der Waals surface area contributed by atoms with E-state index in [2.05, 4.69) is 81.8 Å². The number of aromatic nitrogens is 3. The second kappa shape index (κ2) is 37.7. The number of amides is 4. The number of amidine groups is 2. The van der Waals surface area contributed by atoms with Gasteiger partial charge in [-0.15, -0.1) is 0 Å². The van der Waals surface area contributed by atoms with Gasteiger partial charge in [0.15, 0.2) is 38.3 Å². The number of nitrogen functional groups attached to an aromatic ring is 1. The van der Waals surface area contributed by atoms with Crippen LogP contribution in [-0.2, 0) is 23.8 Å². The molecule has 0 unspecified atom stereocenters. The van der Waals surface area contributed by atoms with Gasteiger partial charge in [-0.25, -0.2) is 39.3 Å². The van der Waals surface area contributed by atoms with Gasteiger partial charge in [-0.1, -0.05) is 45.8 Å². The molecule has 0 saturated carbocycles. The number of nitrogens with two attached hydrogens (primary N) is 1. The first-order valence-corrected chi connectivity index (χ1v) is 27.4. The number of benzene rings is 2. The number of nitrogens with one attached hydrogen (secondary N) is 4. The van der Waals surface area contributed by atoms with Crippen LogP contribution in [0.1, 0.15) is 42.3 Å². The number of anilines is 3. The number of ether oxygens (including phenoxy) is 5. The number of rotatable bonds is 15. The molecule has 79 heavy (non-hydrogen) atoms. The predicted molar refractivity (Wildman–Crippen MR) is 314 cm³/mol. The van der Waals surface area contributed by atoms with E-state index in [1.807, 2.05) is 78.4 Å². The second-order valence-corrected chi connectivity index (χ2v) is 20.9. The molecule has 0 atom stereocenters. The van der Waals surface area contributed by atoms with Crippen LogP contribution in [-0.4, -0.2) is 170 Å². The van der Waals surface area contributed by atoms with E-state index in [0.717, 1.165) is 69.6 Å². The van der Waals surface area contributed by atoms with Crippen molar-refractivity contribution in [1.82, 2.24) is 35.4 Å². The van der Waals surface area contributed by atoms with Crippen LogP contribution in [0.4, 0.5) is 41.2 Å². The highest BCUT2D eigenvalue weighted by Crippen LogP contribution is 2.32. The van der Waals surface area contributed by atoms with Crippen LogP contribution >= 0.6 is 69.1 Å². The molecule has 2 aliphatic rings. The number of hydrogen-bond acceptors (Lipinski definition) is 26. The predicted octanol–water partition coefficient (Wildman–Crippen LogP) is 7.91. The zero-order valence-corrected chi connectivity index (χ0v) is 49.5. The van der Waals surface area contributed by atoms with Crippen molar-refractivity contribution in [2.24, 2.45) is 9.98 Å². The Balaban J connectivity index is 0.000000377. The third-order valence-electron chi connectivity index (χ3n) is 8.68. The summed E-state index contributed by atoms with van der Waals surface area (Å²) in [7, 11) is 11.8. The van der Waals surface area contributed by atoms with E-state index >= 15 is 0 Å². The van der Waals surface area contributed by atoms with E-state index in [0.29, 0.717) is 65.6 Å². The lowest BCUT2D eigenvalue weighted by Gasteiger charge is -2.12. The van der Waals surface area contributed by atoms with E-state index in [1.165, 1.54) is 79.9 Å². The average molecular weight is 1210 g/mol. The first-order chi connectivity index (χ1) is 37.6. The van der Waals surface area contributed by atoms with Crippen LogP contribution < -0.4 is 36.5 Å². The maximum absolute atomic E-state index is 12.3. The van der Waals surface area contributed by atoms with Gasteiger partial charge in [0.2, 0.25) is 5.91 Å². The standard InChI is InChI=1S/C20H23N5O4S2.C14H19N3O2S.C6H6N2O3S.C4H4N2OS.C2H3ClO2.C2H6O/c1-12-9-13(29-8-7-25(2)3)5-6-15(12)22-19-23-17(26)16(31-19)10-14-11-21-18(30-14)24-20(27)28-4;1-10-8-11(19-7-6-17(2)3)4-5-12(10)15-14-16-13(18)9-20-14;1-11-6(10)8-5-7-2-4(3-9)12-5;5-4-6-1-3(2-7)8-4;1-5-2(3)4;1-2-3/h5-6,9-11H,7-8H2,1-4H3,(H,21,24,27)(H,22,23,26);4-5,8H,6-7,9H2,1-3H3,(H,15,16,18);2-3H,1H3,(H,7,8,10);1-2H,(H2,5,6);1H3;3H,2H2,1H3/b16-10-;;;;;. The Bertz CT molecular complexity index is 2880. The molecule has 3 aromatic heterocycles. The summed E-state index contributed by atoms with van der Waals surface area (Å²) in [5.74, 6) is 1.85. The third-order valence-corrected chi connectivity index (χ3v) is 13.1. The summed E-state index contributed by atoms with van der Waals surface area (Å²) in [5, 5.41) is 20.2. The number of carbonyl (C=O) groups excluding carboxylic acids is 7. The minimum atomic E-state index is -0.773. The fourth-order valence-electron chi connectivity index (χ4n) is 5.03. The number of nitrogens with zero attached hydrogens (tertiary/aromatic N) is 7. The largest absolute Gasteiger partial charge is 0.492 e. The highest BCUT2D eigenvalue weighted by molar-refractivity contribution is 8.18. The normalized spacial score (nSPS) is 13.5. The van der Waals surface area contributed by atoms with E-state index < -0.39 is 17.6 Å². The molecule has 2 aromatic carbocycles. The summed E-state index contributed by atoms with van der Waals surface area (Å²) in [6, 6.07) is 11.5. The molecule has 4 amide bonds. The lowest BCUT2D eigenvalue weighted by atomic mass is 10.2. The Labute approximate surface area is 481 Å². The molecule has 0 aliphatic carbocycles. The molecule has 7 N–H and O–H groups in total. The van der Waals surface area contributed by atoms with Crippen molar-refractivity contribution in [1.29, 1.82) is 0 Å². The Morgan fingerprint density at radius 2 is 1.20 bits per heavy atom. The van der Waals surface area contributed by atoms with Gasteiger partial charge in [0.25, 0.3) is 5.91 Å². The minimum Gasteiger partial charge on any atom is -0.492 e. The molecular formula is C48H61ClN12O13S5. The van der Waals surface area contributed by atoms with E-state index in [1.54, 1.807) is 19.2 Å². The number of thiazole rings is 3. The van der Waals surface area contributed by atoms with E-state index in [-0.39, 0.29) is 18.4 Å². The van der Waals surface area contributed by atoms with Crippen molar-refractivity contribution in [3.63, 3.8) is 0 Å². The van der Waals surface area contributed by atoms with Gasteiger partial charge in [-0.05, 0) is 114 Å². The Kier molecular flexibility index (Phi) is 32.5. The number of likely N-dealkylation sites (N-methyl/N-ethyl adjacent to an activating group) is 2. The molecule has 2 fully saturated rings. The molecule has 428 valence electrons. The molecule has 5 aromatic rings. The Morgan fingerprint density at radius 1 is 0.747 bits per heavy atom. The minimum absolute atomic E-state index is 0.00930. The van der Waals surface area contributed by atoms with Crippen LogP contribution in [0.3, 0.4) is 0 Å². The van der Waals surface area contributed by atoms with Crippen molar-refractivity contribution in [3.8, 4) is 11.5 Å². The summed E-state index contributed by atoms with van der Waals surface area (Å²) in [4.78, 5) is 102. The molecule has 2 aliphatic heterocycles. The molecule has 2 saturated heterocycles. The molecular weight excluding hydrogens is 1150 g/mol. The Hall–Kier alpha value is -7.03. The molecule has 5 heterocycles. The lowest BCUT2D eigenvalue weighted by molar-refractivity contribution is -0.117. The number of aldehydes is 2. The van der Waals surface area contributed by atoms with Crippen molar-refractivity contribution in [3.05, 3.63) is 85.7 Å². The zero-order valence-electron chi connectivity index (χ0n) is 44.6. The van der Waals surface area contributed by atoms with E-state index in [9.17, 15) is 33.6 Å². The van der Waals surface area contributed by atoms with Gasteiger partial charge in [0, 0.05) is 37.5 Å². The Morgan fingerprint density at radius 3 is 1.58 bits per heavy atom. The van der Waals surface area contributed by atoms with Gasteiger partial charge < -0.3 is 55.0 Å². The number of aliphatic hydroxyl groups excluding tert-OH is 1. The summed E-state index contributed by atoms with van der Waals surface area (Å²) in [6.07, 6.45) is 6.31. The van der Waals surface area contributed by atoms with Crippen LogP contribution in [0.5, 0.6) is 11.5 Å². The molecule has 7 rings (SSSR count). The first kappa shape index (κ1) is 68.1. The number of aryl methyl sites for hydroxylation is 2. The van der Waals surface area contributed by atoms with Crippen LogP contribution in [0.15, 0.2) is 69.9 Å². The number of methoxy groups -OCH3 is 3. The monoisotopic (exact) mass is 1210 g/mol. The number of carbonyl (C=O) groups is 7. The summed E-state index contributed by atoms with van der Waals surface area (Å²) < 4.78 is 24.2. The topological polar surface area (TPSA) is 330 Å². The molecule has 0 bridgehead atoms. The highest BCUT2D eigenvalue weighted by Gasteiger charge is 2.25. The fraction of sp³-hybridized carbons (Fsp3) is 0.333. The van der Waals surface area contributed by atoms with Gasteiger partial charge in [-0.3, -0.25) is 29.8 Å². The third kappa shape index (κ3) is 28.4. The molecule has 0 radical (unpaired) electrons. The maximum Gasteiger partial charge on any atom is 0.413 e. The van der Waals surface area contributed by atoms with Crippen molar-refractivity contribution in [2.75, 3.05) is 105 Å². The second-order valence-electron chi connectivity index (χ2n) is 15.4. The number of halogens is 1. The quantitative estimate of drug-likeness (QED) is 0.0251.